The monoisotopic (exact) mass is 301 g/mol. The minimum Gasteiger partial charge on any atom is -0.337 e. The van der Waals surface area contributed by atoms with Crippen LogP contribution in [0.2, 0.25) is 0 Å². The van der Waals surface area contributed by atoms with E-state index in [9.17, 15) is 4.79 Å². The summed E-state index contributed by atoms with van der Waals surface area (Å²) in [7, 11) is 1.89. The lowest BCUT2D eigenvalue weighted by Gasteiger charge is -2.26. The fraction of sp³-hybridized carbons (Fsp3) is 0.562. The van der Waals surface area contributed by atoms with Gasteiger partial charge in [0.2, 0.25) is 0 Å². The highest BCUT2D eigenvalue weighted by Gasteiger charge is 2.30. The van der Waals surface area contributed by atoms with Crippen LogP contribution in [0.1, 0.15) is 36.3 Å². The van der Waals surface area contributed by atoms with Crippen molar-refractivity contribution in [3.05, 3.63) is 29.7 Å². The van der Waals surface area contributed by atoms with Crippen LogP contribution in [0.15, 0.2) is 18.5 Å². The molecule has 0 spiro atoms. The lowest BCUT2D eigenvalue weighted by atomic mass is 10.1. The van der Waals surface area contributed by atoms with Gasteiger partial charge in [0.05, 0.1) is 17.5 Å². The highest BCUT2D eigenvalue weighted by molar-refractivity contribution is 5.95. The van der Waals surface area contributed by atoms with Crippen molar-refractivity contribution in [2.45, 2.75) is 39.3 Å². The van der Waals surface area contributed by atoms with E-state index in [-0.39, 0.29) is 11.9 Å². The van der Waals surface area contributed by atoms with Crippen LogP contribution in [0.3, 0.4) is 0 Å². The Morgan fingerprint density at radius 1 is 1.45 bits per heavy atom. The average Bonchev–Trinajstić information content (AvgIpc) is 3.13. The van der Waals surface area contributed by atoms with E-state index in [0.717, 1.165) is 30.9 Å². The standard InChI is InChI=1S/C16H23N5O/c1-11(2)20-8-6-13(9-20)19(4)16(22)14-10-21-15(5-7-17-21)18-12(14)3/h5,7,10-11,13H,6,8-9H2,1-4H3. The molecule has 0 aliphatic carbocycles. The molecule has 0 radical (unpaired) electrons. The number of nitrogens with zero attached hydrogens (tertiary/aromatic N) is 5. The van der Waals surface area contributed by atoms with Crippen molar-refractivity contribution in [1.29, 1.82) is 0 Å². The second kappa shape index (κ2) is 5.68. The Labute approximate surface area is 130 Å². The Kier molecular flexibility index (Phi) is 3.87. The first-order valence-electron chi connectivity index (χ1n) is 7.79. The minimum atomic E-state index is 0.0259. The van der Waals surface area contributed by atoms with Gasteiger partial charge in [0.25, 0.3) is 5.91 Å². The molecule has 1 fully saturated rings. The van der Waals surface area contributed by atoms with Gasteiger partial charge in [-0.1, -0.05) is 0 Å². The van der Waals surface area contributed by atoms with Crippen molar-refractivity contribution in [1.82, 2.24) is 24.4 Å². The van der Waals surface area contributed by atoms with Gasteiger partial charge >= 0.3 is 0 Å². The zero-order valence-corrected chi connectivity index (χ0v) is 13.7. The van der Waals surface area contributed by atoms with E-state index in [1.165, 1.54) is 0 Å². The minimum absolute atomic E-state index is 0.0259. The quantitative estimate of drug-likeness (QED) is 0.864. The Hall–Kier alpha value is -1.95. The largest absolute Gasteiger partial charge is 0.337 e. The summed E-state index contributed by atoms with van der Waals surface area (Å²) in [4.78, 5) is 21.5. The van der Waals surface area contributed by atoms with Crippen LogP contribution in [0.25, 0.3) is 5.65 Å². The summed E-state index contributed by atoms with van der Waals surface area (Å²) in [5.74, 6) is 0.0259. The summed E-state index contributed by atoms with van der Waals surface area (Å²) in [6.07, 6.45) is 4.50. The van der Waals surface area contributed by atoms with Gasteiger partial charge < -0.3 is 4.90 Å². The number of amides is 1. The van der Waals surface area contributed by atoms with Crippen molar-refractivity contribution in [3.8, 4) is 0 Å². The summed E-state index contributed by atoms with van der Waals surface area (Å²) < 4.78 is 1.66. The van der Waals surface area contributed by atoms with Gasteiger partial charge in [-0.05, 0) is 27.2 Å². The van der Waals surface area contributed by atoms with Gasteiger partial charge in [-0.3, -0.25) is 9.69 Å². The predicted molar refractivity (Wildman–Crippen MR) is 84.9 cm³/mol. The van der Waals surface area contributed by atoms with E-state index >= 15 is 0 Å². The number of rotatable bonds is 3. The Morgan fingerprint density at radius 3 is 2.91 bits per heavy atom. The smallest absolute Gasteiger partial charge is 0.257 e. The first-order valence-corrected chi connectivity index (χ1v) is 7.79. The normalized spacial score (nSPS) is 19.2. The fourth-order valence-electron chi connectivity index (χ4n) is 3.06. The molecule has 1 amide bonds. The Morgan fingerprint density at radius 2 is 2.23 bits per heavy atom. The SMILES string of the molecule is Cc1nc2ccnn2cc1C(=O)N(C)C1CCN(C(C)C)C1. The molecule has 1 unspecified atom stereocenters. The number of carbonyl (C=O) groups excluding carboxylic acids is 1. The number of aryl methyl sites for hydroxylation is 1. The first-order chi connectivity index (χ1) is 10.5. The van der Waals surface area contributed by atoms with E-state index in [1.54, 1.807) is 16.9 Å². The zero-order valence-electron chi connectivity index (χ0n) is 13.7. The van der Waals surface area contributed by atoms with Gasteiger partial charge in [-0.15, -0.1) is 0 Å². The zero-order chi connectivity index (χ0) is 15.9. The fourth-order valence-corrected chi connectivity index (χ4v) is 3.06. The molecule has 0 saturated carbocycles. The van der Waals surface area contributed by atoms with E-state index in [0.29, 0.717) is 11.6 Å². The van der Waals surface area contributed by atoms with Gasteiger partial charge in [-0.25, -0.2) is 9.50 Å². The van der Waals surface area contributed by atoms with Gasteiger partial charge in [0.1, 0.15) is 0 Å². The van der Waals surface area contributed by atoms with Gasteiger partial charge in [-0.2, -0.15) is 5.10 Å². The number of fused-ring (bicyclic) bond motifs is 1. The Bertz CT molecular complexity index is 693. The van der Waals surface area contributed by atoms with E-state index < -0.39 is 0 Å². The molecule has 1 atom stereocenters. The van der Waals surface area contributed by atoms with Crippen LogP contribution in [0.4, 0.5) is 0 Å². The molecule has 1 saturated heterocycles. The number of carbonyl (C=O) groups is 1. The molecule has 2 aromatic heterocycles. The first kappa shape index (κ1) is 15.0. The van der Waals surface area contributed by atoms with Crippen LogP contribution < -0.4 is 0 Å². The highest BCUT2D eigenvalue weighted by Crippen LogP contribution is 2.19. The van der Waals surface area contributed by atoms with Crippen molar-refractivity contribution >= 4 is 11.6 Å². The van der Waals surface area contributed by atoms with Crippen LogP contribution >= 0.6 is 0 Å². The molecule has 2 aromatic rings. The van der Waals surface area contributed by atoms with Crippen LogP contribution in [-0.2, 0) is 0 Å². The number of likely N-dealkylation sites (N-methyl/N-ethyl adjacent to an activating group) is 1. The number of hydrogen-bond donors (Lipinski definition) is 0. The summed E-state index contributed by atoms with van der Waals surface area (Å²) in [6.45, 7) is 8.27. The third-order valence-electron chi connectivity index (χ3n) is 4.60. The molecule has 1 aliphatic rings. The molecule has 22 heavy (non-hydrogen) atoms. The lowest BCUT2D eigenvalue weighted by Crippen LogP contribution is -2.40. The summed E-state index contributed by atoms with van der Waals surface area (Å²) in [5, 5.41) is 4.17. The van der Waals surface area contributed by atoms with Gasteiger partial charge in [0.15, 0.2) is 5.65 Å². The number of aromatic nitrogens is 3. The maximum absolute atomic E-state index is 12.8. The van der Waals surface area contributed by atoms with E-state index in [4.69, 9.17) is 0 Å². The Balaban J connectivity index is 1.81. The maximum atomic E-state index is 12.8. The van der Waals surface area contributed by atoms with Crippen molar-refractivity contribution in [2.75, 3.05) is 20.1 Å². The van der Waals surface area contributed by atoms with E-state index in [1.807, 2.05) is 24.9 Å². The molecule has 0 N–H and O–H groups in total. The lowest BCUT2D eigenvalue weighted by molar-refractivity contribution is 0.0730. The molecule has 3 rings (SSSR count). The maximum Gasteiger partial charge on any atom is 0.257 e. The molecular formula is C16H23N5O. The molecular weight excluding hydrogens is 278 g/mol. The third kappa shape index (κ3) is 2.59. The predicted octanol–water partition coefficient (Wildman–Crippen LogP) is 1.59. The molecule has 3 heterocycles. The molecule has 118 valence electrons. The molecule has 0 bridgehead atoms. The van der Waals surface area contributed by atoms with E-state index in [2.05, 4.69) is 28.8 Å². The highest BCUT2D eigenvalue weighted by atomic mass is 16.2. The average molecular weight is 301 g/mol. The van der Waals surface area contributed by atoms with Crippen LogP contribution in [0.5, 0.6) is 0 Å². The summed E-state index contributed by atoms with van der Waals surface area (Å²) in [6, 6.07) is 2.63. The van der Waals surface area contributed by atoms with Crippen molar-refractivity contribution in [2.24, 2.45) is 0 Å². The summed E-state index contributed by atoms with van der Waals surface area (Å²) in [5.41, 5.74) is 2.15. The molecule has 0 aromatic carbocycles. The van der Waals surface area contributed by atoms with Crippen LogP contribution in [-0.4, -0.2) is 62.5 Å². The second-order valence-corrected chi connectivity index (χ2v) is 6.32. The third-order valence-corrected chi connectivity index (χ3v) is 4.60. The van der Waals surface area contributed by atoms with Crippen molar-refractivity contribution in [3.63, 3.8) is 0 Å². The number of likely N-dealkylation sites (tertiary alicyclic amines) is 1. The van der Waals surface area contributed by atoms with Crippen LogP contribution in [0, 0.1) is 6.92 Å². The topological polar surface area (TPSA) is 53.7 Å². The van der Waals surface area contributed by atoms with Crippen molar-refractivity contribution < 1.29 is 4.79 Å². The molecule has 6 heteroatoms. The number of hydrogen-bond acceptors (Lipinski definition) is 4. The molecule has 1 aliphatic heterocycles. The summed E-state index contributed by atoms with van der Waals surface area (Å²) >= 11 is 0. The van der Waals surface area contributed by atoms with Gasteiger partial charge in [0, 0.05) is 44.5 Å². The molecule has 6 nitrogen and oxygen atoms in total. The second-order valence-electron chi connectivity index (χ2n) is 6.32.